The first kappa shape index (κ1) is 25.8. The van der Waals surface area contributed by atoms with E-state index in [1.807, 2.05) is 24.3 Å². The van der Waals surface area contributed by atoms with Crippen LogP contribution >= 0.6 is 0 Å². The topological polar surface area (TPSA) is 121 Å². The van der Waals surface area contributed by atoms with Gasteiger partial charge in [0.15, 0.2) is 5.69 Å². The molecule has 1 saturated heterocycles. The minimum Gasteiger partial charge on any atom is -0.467 e. The van der Waals surface area contributed by atoms with Crippen LogP contribution in [0.3, 0.4) is 0 Å². The van der Waals surface area contributed by atoms with E-state index < -0.39 is 12.0 Å². The maximum atomic E-state index is 12.5. The van der Waals surface area contributed by atoms with Crippen molar-refractivity contribution in [3.63, 3.8) is 0 Å². The van der Waals surface area contributed by atoms with E-state index >= 15 is 0 Å². The molecule has 4 rings (SSSR count). The molecular weight excluding hydrogens is 470 g/mol. The van der Waals surface area contributed by atoms with Crippen molar-refractivity contribution >= 4 is 35.2 Å². The largest absolute Gasteiger partial charge is 0.467 e. The lowest BCUT2D eigenvalue weighted by atomic mass is 10.1. The van der Waals surface area contributed by atoms with Crippen molar-refractivity contribution in [2.24, 2.45) is 0 Å². The molecule has 11 nitrogen and oxygen atoms in total. The van der Waals surface area contributed by atoms with Gasteiger partial charge >= 0.3 is 5.97 Å². The molecule has 0 aliphatic carbocycles. The van der Waals surface area contributed by atoms with Crippen LogP contribution in [0.5, 0.6) is 0 Å². The van der Waals surface area contributed by atoms with Gasteiger partial charge in [-0.05, 0) is 23.3 Å². The number of hydrogen-bond donors (Lipinski definition) is 4. The van der Waals surface area contributed by atoms with Gasteiger partial charge in [-0.3, -0.25) is 4.90 Å². The number of methoxy groups -OCH3 is 1. The third-order valence-electron chi connectivity index (χ3n) is 5.95. The summed E-state index contributed by atoms with van der Waals surface area (Å²) in [6.45, 7) is 12.0. The first-order chi connectivity index (χ1) is 18.1. The second kappa shape index (κ2) is 12.6. The molecule has 0 bridgehead atoms. The predicted molar refractivity (Wildman–Crippen MR) is 143 cm³/mol. The summed E-state index contributed by atoms with van der Waals surface area (Å²) in [5.41, 5.74) is 3.47. The second-order valence-corrected chi connectivity index (χ2v) is 8.61. The van der Waals surface area contributed by atoms with E-state index in [0.29, 0.717) is 24.0 Å². The molecule has 0 amide bonds. The van der Waals surface area contributed by atoms with Crippen molar-refractivity contribution in [3.05, 3.63) is 71.1 Å². The number of anilines is 4. The molecular formula is C26H31N9O2. The van der Waals surface area contributed by atoms with Crippen LogP contribution in [0.2, 0.25) is 0 Å². The van der Waals surface area contributed by atoms with Crippen molar-refractivity contribution < 1.29 is 9.53 Å². The maximum Gasteiger partial charge on any atom is 0.328 e. The lowest BCUT2D eigenvalue weighted by Gasteiger charge is -2.27. The summed E-state index contributed by atoms with van der Waals surface area (Å²) in [4.78, 5) is 31.6. The van der Waals surface area contributed by atoms with Crippen LogP contribution in [0.25, 0.3) is 4.85 Å². The summed E-state index contributed by atoms with van der Waals surface area (Å²) >= 11 is 0. The van der Waals surface area contributed by atoms with Gasteiger partial charge in [0.05, 0.1) is 13.7 Å². The second-order valence-electron chi connectivity index (χ2n) is 8.61. The van der Waals surface area contributed by atoms with Crippen LogP contribution in [-0.4, -0.2) is 72.2 Å². The van der Waals surface area contributed by atoms with Crippen LogP contribution in [0, 0.1) is 6.57 Å². The number of carbonyl (C=O) groups excluding carboxylic acids is 1. The van der Waals surface area contributed by atoms with E-state index in [0.717, 1.165) is 44.0 Å². The molecule has 1 aliphatic heterocycles. The molecule has 3 aromatic rings. The summed E-state index contributed by atoms with van der Waals surface area (Å²) in [7, 11) is 3.06. The molecule has 2 heterocycles. The van der Waals surface area contributed by atoms with Gasteiger partial charge < -0.3 is 26.0 Å². The van der Waals surface area contributed by atoms with Gasteiger partial charge in [-0.15, -0.1) is 0 Å². The zero-order chi connectivity index (χ0) is 26.0. The SMILES string of the molecule is [C-]#[N+]c1ccc(C[C@H](Nc2nc(NC)nc(Nc3cccc(CN4CCNCC4)c3)n2)C(=O)OC)cc1. The lowest BCUT2D eigenvalue weighted by molar-refractivity contribution is -0.141. The number of piperazine rings is 1. The highest BCUT2D eigenvalue weighted by Crippen LogP contribution is 2.20. The summed E-state index contributed by atoms with van der Waals surface area (Å²) < 4.78 is 5.00. The summed E-state index contributed by atoms with van der Waals surface area (Å²) in [5.74, 6) is 0.469. The Balaban J connectivity index is 1.50. The fourth-order valence-electron chi connectivity index (χ4n) is 4.05. The summed E-state index contributed by atoms with van der Waals surface area (Å²) in [5, 5.41) is 12.7. The first-order valence-corrected chi connectivity index (χ1v) is 12.1. The smallest absolute Gasteiger partial charge is 0.328 e. The Bertz CT molecular complexity index is 1240. The van der Waals surface area contributed by atoms with E-state index in [4.69, 9.17) is 11.3 Å². The van der Waals surface area contributed by atoms with Crippen molar-refractivity contribution in [1.29, 1.82) is 0 Å². The highest BCUT2D eigenvalue weighted by atomic mass is 16.5. The van der Waals surface area contributed by atoms with E-state index in [1.54, 1.807) is 19.2 Å². The highest BCUT2D eigenvalue weighted by Gasteiger charge is 2.22. The molecule has 1 fully saturated rings. The van der Waals surface area contributed by atoms with Crippen LogP contribution in [0.15, 0.2) is 48.5 Å². The van der Waals surface area contributed by atoms with E-state index in [1.165, 1.54) is 12.7 Å². The van der Waals surface area contributed by atoms with E-state index in [2.05, 4.69) is 58.1 Å². The van der Waals surface area contributed by atoms with Crippen LogP contribution in [0.1, 0.15) is 11.1 Å². The van der Waals surface area contributed by atoms with Gasteiger partial charge in [-0.1, -0.05) is 36.4 Å². The molecule has 1 atom stereocenters. The molecule has 192 valence electrons. The Labute approximate surface area is 216 Å². The van der Waals surface area contributed by atoms with Gasteiger partial charge in [0.25, 0.3) is 0 Å². The molecule has 37 heavy (non-hydrogen) atoms. The quantitative estimate of drug-likeness (QED) is 0.244. The third kappa shape index (κ3) is 7.36. The molecule has 0 unspecified atom stereocenters. The minimum absolute atomic E-state index is 0.229. The highest BCUT2D eigenvalue weighted by molar-refractivity contribution is 5.79. The Morgan fingerprint density at radius 2 is 1.81 bits per heavy atom. The minimum atomic E-state index is -0.730. The van der Waals surface area contributed by atoms with Crippen LogP contribution in [-0.2, 0) is 22.5 Å². The average molecular weight is 502 g/mol. The zero-order valence-electron chi connectivity index (χ0n) is 21.0. The maximum absolute atomic E-state index is 12.5. The zero-order valence-corrected chi connectivity index (χ0v) is 21.0. The molecule has 0 saturated carbocycles. The molecule has 11 heteroatoms. The number of aromatic nitrogens is 3. The monoisotopic (exact) mass is 501 g/mol. The lowest BCUT2D eigenvalue weighted by Crippen LogP contribution is -2.42. The van der Waals surface area contributed by atoms with Gasteiger partial charge in [-0.2, -0.15) is 15.0 Å². The number of hydrogen-bond acceptors (Lipinski definition) is 10. The van der Waals surface area contributed by atoms with Crippen molar-refractivity contribution in [3.8, 4) is 0 Å². The molecule has 1 aromatic heterocycles. The first-order valence-electron chi connectivity index (χ1n) is 12.1. The number of esters is 1. The van der Waals surface area contributed by atoms with Crippen LogP contribution in [0.4, 0.5) is 29.2 Å². The number of benzene rings is 2. The number of carbonyl (C=O) groups is 1. The predicted octanol–water partition coefficient (Wildman–Crippen LogP) is 2.81. The third-order valence-corrected chi connectivity index (χ3v) is 5.95. The summed E-state index contributed by atoms with van der Waals surface area (Å²) in [6, 6.07) is 14.5. The van der Waals surface area contributed by atoms with Gasteiger partial charge in [-0.25, -0.2) is 9.64 Å². The number of rotatable bonds is 10. The Hall–Kier alpha value is -4.27. The fraction of sp³-hybridized carbons (Fsp3) is 0.346. The molecule has 0 radical (unpaired) electrons. The van der Waals surface area contributed by atoms with Gasteiger partial charge in [0, 0.05) is 51.9 Å². The number of nitrogens with one attached hydrogen (secondary N) is 4. The standard InChI is InChI=1S/C26H31N9O2/c1-27-20-9-7-18(8-10-20)16-22(23(36)37-3)31-26-33-24(28-2)32-25(34-26)30-21-6-4-5-19(15-21)17-35-13-11-29-12-14-35/h4-10,15,22,29H,11-14,16-17H2,2-3H3,(H3,28,30,31,32,33,34)/t22-/m0/s1. The average Bonchev–Trinajstić information content (AvgIpc) is 2.93. The Morgan fingerprint density at radius 3 is 2.51 bits per heavy atom. The molecule has 4 N–H and O–H groups in total. The molecule has 1 aliphatic rings. The van der Waals surface area contributed by atoms with Crippen molar-refractivity contribution in [2.45, 2.75) is 19.0 Å². The van der Waals surface area contributed by atoms with Gasteiger partial charge in [0.1, 0.15) is 6.04 Å². The fourth-order valence-corrected chi connectivity index (χ4v) is 4.05. The van der Waals surface area contributed by atoms with Gasteiger partial charge in [0.2, 0.25) is 17.8 Å². The Morgan fingerprint density at radius 1 is 1.08 bits per heavy atom. The molecule has 2 aromatic carbocycles. The van der Waals surface area contributed by atoms with E-state index in [-0.39, 0.29) is 5.95 Å². The van der Waals surface area contributed by atoms with Crippen LogP contribution < -0.4 is 21.3 Å². The normalized spacial score (nSPS) is 14.3. The van der Waals surface area contributed by atoms with Crippen molar-refractivity contribution in [1.82, 2.24) is 25.2 Å². The molecule has 0 spiro atoms. The number of ether oxygens (including phenoxy) is 1. The summed E-state index contributed by atoms with van der Waals surface area (Å²) in [6.07, 6.45) is 0.336. The number of nitrogens with zero attached hydrogens (tertiary/aromatic N) is 5. The van der Waals surface area contributed by atoms with Crippen molar-refractivity contribution in [2.75, 3.05) is 56.3 Å². The van der Waals surface area contributed by atoms with E-state index in [9.17, 15) is 4.79 Å². The Kier molecular flexibility index (Phi) is 8.80.